The first-order chi connectivity index (χ1) is 52.1. The molecule has 0 aromatic carbocycles. The molecule has 0 aliphatic carbocycles. The van der Waals surface area contributed by atoms with E-state index in [0.29, 0.717) is 170 Å². The minimum Gasteiger partial charge on any atom is -0.374 e. The van der Waals surface area contributed by atoms with Crippen LogP contribution in [0.5, 0.6) is 0 Å². The number of hydrogen-bond donors (Lipinski definition) is 10. The highest BCUT2D eigenvalue weighted by atomic mass is 33.8. The van der Waals surface area contributed by atoms with Crippen molar-refractivity contribution in [3.05, 3.63) is 9.81 Å². The van der Waals surface area contributed by atoms with Gasteiger partial charge in [-0.2, -0.15) is 0 Å². The summed E-state index contributed by atoms with van der Waals surface area (Å²) in [6, 6.07) is 2.06. The molecule has 0 fully saturated rings. The Hall–Kier alpha value is 7.22. The van der Waals surface area contributed by atoms with Gasteiger partial charge in [-0.25, -0.2) is 0 Å². The van der Waals surface area contributed by atoms with E-state index in [1.54, 1.807) is 9.83 Å². The van der Waals surface area contributed by atoms with Crippen molar-refractivity contribution >= 4 is 250 Å². The van der Waals surface area contributed by atoms with E-state index in [1.165, 1.54) is 104 Å². The van der Waals surface area contributed by atoms with Crippen molar-refractivity contribution < 1.29 is 66.4 Å². The molecule has 40 heteroatoms. The minimum atomic E-state index is -3.56. The predicted molar refractivity (Wildman–Crippen MR) is 553 cm³/mol. The Bertz CT molecular complexity index is 2200. The van der Waals surface area contributed by atoms with E-state index in [4.69, 9.17) is 183 Å². The summed E-state index contributed by atoms with van der Waals surface area (Å²) in [5.41, 5.74) is 0.998. The third-order valence-corrected chi connectivity index (χ3v) is 90.2. The fourth-order valence-corrected chi connectivity index (χ4v) is 89.6. The molecule has 110 heavy (non-hydrogen) atoms. The molecule has 0 aliphatic heterocycles. The van der Waals surface area contributed by atoms with Gasteiger partial charge >= 0.3 is 44.0 Å². The summed E-state index contributed by atoms with van der Waals surface area (Å²) < 4.78 is 103. The Labute approximate surface area is 756 Å². The first kappa shape index (κ1) is 117. The van der Waals surface area contributed by atoms with Crippen molar-refractivity contribution in [2.24, 2.45) is 29.6 Å². The zero-order valence-corrected chi connectivity index (χ0v) is 93.8. The molecular formula is C70H160O15S20Si5. The highest BCUT2D eigenvalue weighted by Crippen LogP contribution is 2.99. The predicted octanol–water partition coefficient (Wildman–Crippen LogP) is 27.9. The van der Waals surface area contributed by atoms with Crippen LogP contribution in [0.2, 0.25) is 30.2 Å². The van der Waals surface area contributed by atoms with Gasteiger partial charge in [0.1, 0.15) is 0 Å². The van der Waals surface area contributed by atoms with Crippen LogP contribution in [-0.4, -0.2) is 181 Å². The lowest BCUT2D eigenvalue weighted by molar-refractivity contribution is 0.0720. The fraction of sp³-hybridized carbons (Fsp3) is 0.971. The molecule has 0 bridgehead atoms. The maximum atomic E-state index is 6.93. The molecule has 0 aromatic heterocycles. The highest BCUT2D eigenvalue weighted by Gasteiger charge is 2.68. The van der Waals surface area contributed by atoms with E-state index < -0.39 is 93.8 Å². The lowest BCUT2D eigenvalue weighted by Crippen LogP contribution is -2.54. The number of rotatable bonds is 76. The molecule has 0 rings (SSSR count). The summed E-state index contributed by atoms with van der Waals surface area (Å²) in [5, 5.41) is -0.449. The molecule has 0 aliphatic rings. The Morgan fingerprint density at radius 1 is 0.300 bits per heavy atom. The first-order valence-corrected chi connectivity index (χ1v) is 76.7. The molecule has 0 amide bonds. The second-order valence-corrected chi connectivity index (χ2v) is 84.8. The van der Waals surface area contributed by atoms with Crippen LogP contribution < -0.4 is 0 Å². The Morgan fingerprint density at radius 2 is 0.527 bits per heavy atom. The summed E-state index contributed by atoms with van der Waals surface area (Å²) in [7, 11) is -23.6. The van der Waals surface area contributed by atoms with Gasteiger partial charge in [0.25, 0.3) is 0 Å². The summed E-state index contributed by atoms with van der Waals surface area (Å²) in [4.78, 5) is 0. The van der Waals surface area contributed by atoms with Gasteiger partial charge in [0.05, 0.1) is 4.08 Å². The fourth-order valence-electron chi connectivity index (χ4n) is 14.5. The second kappa shape index (κ2) is 63.2. The minimum absolute atomic E-state index is 0.107. The van der Waals surface area contributed by atoms with E-state index in [-0.39, 0.29) is 5.92 Å². The molecular weight excluding hydrogens is 1860 g/mol. The summed E-state index contributed by atoms with van der Waals surface area (Å²) in [5.74, 6) is 5.22. The molecule has 0 radical (unpaired) electrons. The van der Waals surface area contributed by atoms with Crippen LogP contribution >= 0.6 is 206 Å². The monoisotopic (exact) mass is 2020 g/mol. The van der Waals surface area contributed by atoms with E-state index in [9.17, 15) is 0 Å². The average Bonchev–Trinajstić information content (AvgIpc) is 0.683. The van der Waals surface area contributed by atoms with Crippen molar-refractivity contribution in [3.8, 4) is 0 Å². The lowest BCUT2D eigenvalue weighted by atomic mass is 9.90. The molecule has 0 aromatic rings. The molecule has 0 N–H and O–H groups in total. The third-order valence-electron chi connectivity index (χ3n) is 19.3. The zero-order chi connectivity index (χ0) is 83.8. The number of unbranched alkanes of at least 4 members (excludes halogenated alkanes) is 1. The SMILES string of the molecule is CCO[Si](CCS(S)(SS)C(=C(C)C(C(CC(C)CCCC(C)CCCCC(C)CCCC(C)CCCC(C)C)S(S)(CC[Si](OCC)(OCC)OCC)SS)(S(S)(CC[Si](OCC)(OCC)OCC)SS)S(S)(CC[Si](OCC)(OCC)OCC)SS)S(S)(CC[Si](OCC)(OCC)OCC)SS)(OCC)OCC. The van der Waals surface area contributed by atoms with Gasteiger partial charge in [0.15, 0.2) is 0 Å². The third kappa shape index (κ3) is 38.3. The Balaban J connectivity index is 10.8. The van der Waals surface area contributed by atoms with E-state index >= 15 is 0 Å². The second-order valence-electron chi connectivity index (χ2n) is 28.0. The van der Waals surface area contributed by atoms with Gasteiger partial charge < -0.3 is 66.4 Å². The largest absolute Gasteiger partial charge is 0.501 e. The normalized spacial score (nSPS) is 19.2. The quantitative estimate of drug-likeness (QED) is 0.0122. The Morgan fingerprint density at radius 3 is 0.755 bits per heavy atom. The van der Waals surface area contributed by atoms with Gasteiger partial charge in [-0.3, -0.25) is 0 Å². The number of thiol groups is 10. The van der Waals surface area contributed by atoms with Crippen molar-refractivity contribution in [3.63, 3.8) is 0 Å². The molecule has 10 unspecified atom stereocenters. The van der Waals surface area contributed by atoms with Crippen molar-refractivity contribution in [1.82, 2.24) is 0 Å². The Kier molecular flexibility index (Phi) is 67.4. The molecule has 0 saturated carbocycles. The van der Waals surface area contributed by atoms with Crippen molar-refractivity contribution in [2.45, 2.75) is 282 Å². The van der Waals surface area contributed by atoms with Crippen LogP contribution in [0, 0.1) is 29.6 Å². The molecule has 0 spiro atoms. The van der Waals surface area contributed by atoms with Gasteiger partial charge in [-0.1, -0.05) is 125 Å². The zero-order valence-electron chi connectivity index (χ0n) is 71.7. The summed E-state index contributed by atoms with van der Waals surface area (Å²) >= 11 is 60.7. The van der Waals surface area contributed by atoms with Gasteiger partial charge in [0, 0.05) is 162 Å². The first-order valence-electron chi connectivity index (χ1n) is 40.8. The molecule has 670 valence electrons. The van der Waals surface area contributed by atoms with Crippen LogP contribution in [0.15, 0.2) is 9.81 Å². The summed E-state index contributed by atoms with van der Waals surface area (Å²) in [6.45, 7) is 52.7. The maximum Gasteiger partial charge on any atom is 0.501 e. The van der Waals surface area contributed by atoms with Crippen molar-refractivity contribution in [2.75, 3.05) is 128 Å². The lowest BCUT2D eigenvalue weighted by Gasteiger charge is -2.68. The molecule has 15 nitrogen and oxygen atoms in total. The highest BCUT2D eigenvalue weighted by molar-refractivity contribution is 9.43. The van der Waals surface area contributed by atoms with Crippen LogP contribution in [0.4, 0.5) is 0 Å². The molecule has 0 heterocycles. The molecule has 10 atom stereocenters. The van der Waals surface area contributed by atoms with Gasteiger partial charge in [0.2, 0.25) is 0 Å². The van der Waals surface area contributed by atoms with Gasteiger partial charge in [-0.05, 0) is 207 Å². The van der Waals surface area contributed by atoms with E-state index in [2.05, 4.69) is 48.5 Å². The van der Waals surface area contributed by atoms with Crippen molar-refractivity contribution in [1.29, 1.82) is 0 Å². The maximum absolute atomic E-state index is 6.93. The van der Waals surface area contributed by atoms with Crippen LogP contribution in [0.1, 0.15) is 242 Å². The van der Waals surface area contributed by atoms with Crippen LogP contribution in [0.3, 0.4) is 0 Å². The van der Waals surface area contributed by atoms with E-state index in [1.807, 2.05) is 104 Å². The van der Waals surface area contributed by atoms with E-state index in [0.717, 1.165) is 46.8 Å². The smallest absolute Gasteiger partial charge is 0.374 e. The van der Waals surface area contributed by atoms with Crippen LogP contribution in [0.25, 0.3) is 0 Å². The van der Waals surface area contributed by atoms with Crippen LogP contribution in [-0.2, 0) is 66.4 Å². The summed E-state index contributed by atoms with van der Waals surface area (Å²) in [6.07, 6.45) is 16.8. The average molecular weight is 2020 g/mol. The standard InChI is InChI=1S/C70H160O15S20Si5/c1-23-71-106(72-24-2,73-25-3)56-51-101(91,96-86)68(61-66(21)50-42-49-64(19)45-39-38-44-63(18)47-41-48-65(20)46-40-43-62(16)17)70(104(94,99-89)54-59-109(80-32-10,81-33-11)82-34-12,105(95,100-90)55-60-110(83-35-13,84-36-14)85-37-15)67(22)69(102(92,97-87)52-57-107(74-26-4,75-27-5)76-28-6)103(93,98-88)53-58-108(77-29-7,78-30-8)79-31-9/h62-66,68,86-95H,23-61H2,1-22H3. The van der Waals surface area contributed by atoms with Gasteiger partial charge in [-0.15, -0.1) is 157 Å². The topological polar surface area (TPSA) is 138 Å². The number of hydrogen-bond acceptors (Lipinski definition) is 30. The molecule has 0 saturated heterocycles.